The van der Waals surface area contributed by atoms with Gasteiger partial charge in [-0.25, -0.2) is 9.97 Å². The first-order valence-corrected chi connectivity index (χ1v) is 11.5. The third kappa shape index (κ3) is 4.91. The molecule has 184 valence electrons. The predicted octanol–water partition coefficient (Wildman–Crippen LogP) is -2.61. The third-order valence-electron chi connectivity index (χ3n) is 5.19. The first kappa shape index (κ1) is 24.5. The van der Waals surface area contributed by atoms with E-state index in [0.717, 1.165) is 4.90 Å². The molecule has 2 aliphatic heterocycles. The van der Waals surface area contributed by atoms with Gasteiger partial charge in [-0.2, -0.15) is 4.57 Å². The van der Waals surface area contributed by atoms with E-state index in [1.54, 1.807) is 29.1 Å². The van der Waals surface area contributed by atoms with Crippen molar-refractivity contribution in [3.05, 3.63) is 53.9 Å². The number of aliphatic carboxylic acids is 1. The zero-order valence-corrected chi connectivity index (χ0v) is 19.5. The molecule has 14 heteroatoms. The molecule has 5 N–H and O–H groups in total. The Morgan fingerprint density at radius 1 is 1.42 bits per heavy atom. The standard InChI is InChI=1S/C22H20N8O5S/c1-2-8-35-28-15(18-25-6-5-14(24)26-18)19(31)27-16-20(32)30-17(22(33)34)12(11-36-21(16)30)9-29-7-3-4-13(23)10-29/h1,3-7,10,16,21H,8-9,11,23H2,(H3-,24,25,26,27,31,33,34)/t16?,21-/m1/s1. The van der Waals surface area contributed by atoms with Crippen molar-refractivity contribution in [1.82, 2.24) is 20.2 Å². The van der Waals surface area contributed by atoms with Gasteiger partial charge in [-0.05, 0) is 12.1 Å². The lowest BCUT2D eigenvalue weighted by atomic mass is 10.0. The molecular weight excluding hydrogens is 488 g/mol. The van der Waals surface area contributed by atoms with E-state index in [1.165, 1.54) is 24.0 Å². The summed E-state index contributed by atoms with van der Waals surface area (Å²) in [5.41, 5.74) is 11.9. The van der Waals surface area contributed by atoms with Crippen LogP contribution in [0, 0.1) is 12.3 Å². The maximum Gasteiger partial charge on any atom is 0.278 e. The maximum absolute atomic E-state index is 13.0. The van der Waals surface area contributed by atoms with Crippen LogP contribution in [-0.4, -0.2) is 62.1 Å². The monoisotopic (exact) mass is 508 g/mol. The van der Waals surface area contributed by atoms with Crippen LogP contribution in [0.4, 0.5) is 11.5 Å². The van der Waals surface area contributed by atoms with Crippen LogP contribution in [0.15, 0.2) is 53.2 Å². The fourth-order valence-electron chi connectivity index (χ4n) is 3.67. The maximum atomic E-state index is 13.0. The number of aromatic nitrogens is 3. The van der Waals surface area contributed by atoms with Gasteiger partial charge >= 0.3 is 0 Å². The van der Waals surface area contributed by atoms with Crippen molar-refractivity contribution in [2.45, 2.75) is 18.0 Å². The van der Waals surface area contributed by atoms with Gasteiger partial charge in [0.25, 0.3) is 11.8 Å². The van der Waals surface area contributed by atoms with Crippen LogP contribution >= 0.6 is 11.8 Å². The molecule has 0 aromatic carbocycles. The lowest BCUT2D eigenvalue weighted by molar-refractivity contribution is -0.688. The molecule has 4 rings (SSSR count). The second kappa shape index (κ2) is 10.3. The van der Waals surface area contributed by atoms with E-state index in [2.05, 4.69) is 26.4 Å². The summed E-state index contributed by atoms with van der Waals surface area (Å²) in [4.78, 5) is 51.9. The minimum atomic E-state index is -1.49. The van der Waals surface area contributed by atoms with Gasteiger partial charge in [0.15, 0.2) is 31.4 Å². The van der Waals surface area contributed by atoms with Crippen molar-refractivity contribution in [3.8, 4) is 12.3 Å². The number of fused-ring (bicyclic) bond motifs is 1. The number of nitrogens with two attached hydrogens (primary N) is 2. The second-order valence-corrected chi connectivity index (χ2v) is 8.74. The summed E-state index contributed by atoms with van der Waals surface area (Å²) in [6.07, 6.45) is 9.86. The number of anilines is 2. The van der Waals surface area contributed by atoms with Gasteiger partial charge in [0.05, 0.1) is 17.4 Å². The fraction of sp³-hybridized carbons (Fsp3) is 0.227. The highest BCUT2D eigenvalue weighted by molar-refractivity contribution is 8.00. The van der Waals surface area contributed by atoms with Gasteiger partial charge in [0, 0.05) is 23.6 Å². The topological polar surface area (TPSA) is 193 Å². The zero-order chi connectivity index (χ0) is 25.8. The number of carboxylic acid groups (broad SMARTS) is 1. The van der Waals surface area contributed by atoms with Crippen molar-refractivity contribution in [1.29, 1.82) is 0 Å². The quantitative estimate of drug-likeness (QED) is 0.0849. The molecule has 2 aromatic rings. The smallest absolute Gasteiger partial charge is 0.278 e. The van der Waals surface area contributed by atoms with Crippen molar-refractivity contribution in [2.24, 2.45) is 5.16 Å². The summed E-state index contributed by atoms with van der Waals surface area (Å²) in [5, 5.41) is 17.6. The number of thioether (sulfide) groups is 1. The molecule has 2 aromatic heterocycles. The number of oxime groups is 1. The summed E-state index contributed by atoms with van der Waals surface area (Å²) >= 11 is 1.30. The Balaban J connectivity index is 1.55. The number of hydrogen-bond donors (Lipinski definition) is 3. The van der Waals surface area contributed by atoms with Gasteiger partial charge in [-0.1, -0.05) is 11.1 Å². The number of nitrogens with one attached hydrogen (secondary N) is 1. The molecule has 2 aliphatic rings. The van der Waals surface area contributed by atoms with Crippen molar-refractivity contribution in [3.63, 3.8) is 0 Å². The average molecular weight is 509 g/mol. The van der Waals surface area contributed by atoms with Gasteiger partial charge in [0.2, 0.25) is 5.71 Å². The Kier molecular flexibility index (Phi) is 7.02. The van der Waals surface area contributed by atoms with Crippen LogP contribution in [0.5, 0.6) is 0 Å². The Hall–Kier alpha value is -4.64. The lowest BCUT2D eigenvalue weighted by Crippen LogP contribution is -2.71. The molecule has 2 atom stereocenters. The Bertz CT molecular complexity index is 1340. The molecule has 1 unspecified atom stereocenters. The first-order valence-electron chi connectivity index (χ1n) is 10.5. The highest BCUT2D eigenvalue weighted by Gasteiger charge is 2.53. The summed E-state index contributed by atoms with van der Waals surface area (Å²) in [5.74, 6) is -0.491. The van der Waals surface area contributed by atoms with E-state index in [0.29, 0.717) is 11.3 Å². The number of nitrogen functional groups attached to an aromatic ring is 2. The van der Waals surface area contributed by atoms with Crippen LogP contribution in [0.3, 0.4) is 0 Å². The van der Waals surface area contributed by atoms with Crippen LogP contribution in [0.1, 0.15) is 5.82 Å². The Morgan fingerprint density at radius 2 is 2.22 bits per heavy atom. The molecule has 4 heterocycles. The number of pyridine rings is 1. The number of carbonyl (C=O) groups excluding carboxylic acids is 3. The SMILES string of the molecule is C#CCON=C(C(=O)NC1C(=O)N2C(C(=O)[O-])=C(C[n+]3cccc(N)c3)CS[C@H]12)c1nccc(N)n1. The van der Waals surface area contributed by atoms with Crippen LogP contribution in [0.2, 0.25) is 0 Å². The minimum absolute atomic E-state index is 0.0838. The Labute approximate surface area is 209 Å². The zero-order valence-electron chi connectivity index (χ0n) is 18.7. The largest absolute Gasteiger partial charge is 0.543 e. The van der Waals surface area contributed by atoms with Crippen molar-refractivity contribution >= 4 is 46.8 Å². The molecule has 0 aliphatic carbocycles. The third-order valence-corrected chi connectivity index (χ3v) is 6.53. The number of terminal acetylenes is 1. The molecule has 2 amide bonds. The van der Waals surface area contributed by atoms with E-state index in [9.17, 15) is 19.5 Å². The molecule has 1 saturated heterocycles. The van der Waals surface area contributed by atoms with E-state index < -0.39 is 29.2 Å². The van der Waals surface area contributed by atoms with E-state index in [1.807, 2.05) is 0 Å². The Morgan fingerprint density at radius 3 is 2.92 bits per heavy atom. The number of carbonyl (C=O) groups is 3. The number of β-lactam (4-membered cyclic amide) rings is 1. The van der Waals surface area contributed by atoms with E-state index in [4.69, 9.17) is 22.7 Å². The molecule has 13 nitrogen and oxygen atoms in total. The van der Waals surface area contributed by atoms with Gasteiger partial charge < -0.3 is 31.5 Å². The van der Waals surface area contributed by atoms with Crippen LogP contribution in [0.25, 0.3) is 0 Å². The van der Waals surface area contributed by atoms with Crippen LogP contribution < -0.4 is 26.5 Å². The normalized spacial score (nSPS) is 19.1. The predicted molar refractivity (Wildman–Crippen MR) is 126 cm³/mol. The molecule has 36 heavy (non-hydrogen) atoms. The molecule has 0 bridgehead atoms. The molecule has 0 radical (unpaired) electrons. The number of hydrogen-bond acceptors (Lipinski definition) is 11. The van der Waals surface area contributed by atoms with Crippen LogP contribution in [-0.2, 0) is 25.8 Å². The minimum Gasteiger partial charge on any atom is -0.543 e. The number of carboxylic acids is 1. The van der Waals surface area contributed by atoms with E-state index in [-0.39, 0.29) is 42.0 Å². The summed E-state index contributed by atoms with van der Waals surface area (Å²) in [6, 6.07) is 3.81. The summed E-state index contributed by atoms with van der Waals surface area (Å²) < 4.78 is 1.71. The summed E-state index contributed by atoms with van der Waals surface area (Å²) in [6.45, 7) is -0.0215. The number of rotatable bonds is 8. The van der Waals surface area contributed by atoms with Gasteiger partial charge in [-0.3, -0.25) is 14.5 Å². The van der Waals surface area contributed by atoms with Gasteiger partial charge in [0.1, 0.15) is 17.2 Å². The van der Waals surface area contributed by atoms with Gasteiger partial charge in [-0.15, -0.1) is 18.2 Å². The van der Waals surface area contributed by atoms with E-state index >= 15 is 0 Å². The highest BCUT2D eigenvalue weighted by atomic mass is 32.2. The fourth-order valence-corrected chi connectivity index (χ4v) is 5.00. The molecule has 0 saturated carbocycles. The average Bonchev–Trinajstić information content (AvgIpc) is 2.84. The molecular formula is C22H20N8O5S. The first-order chi connectivity index (χ1) is 17.3. The second-order valence-electron chi connectivity index (χ2n) is 7.63. The van der Waals surface area contributed by atoms with Crippen molar-refractivity contribution in [2.75, 3.05) is 23.8 Å². The molecule has 1 fully saturated rings. The number of nitrogens with zero attached hydrogens (tertiary/aromatic N) is 5. The summed E-state index contributed by atoms with van der Waals surface area (Å²) in [7, 11) is 0. The van der Waals surface area contributed by atoms with Crippen molar-refractivity contribution < 1.29 is 28.9 Å². The highest BCUT2D eigenvalue weighted by Crippen LogP contribution is 2.40. The molecule has 0 spiro atoms. The lowest BCUT2D eigenvalue weighted by Gasteiger charge is -2.50. The number of amides is 2.